The summed E-state index contributed by atoms with van der Waals surface area (Å²) in [6.45, 7) is 7.57. The zero-order valence-electron chi connectivity index (χ0n) is 29.2. The molecule has 0 bridgehead atoms. The van der Waals surface area contributed by atoms with Crippen molar-refractivity contribution in [2.24, 2.45) is 0 Å². The van der Waals surface area contributed by atoms with E-state index in [0.717, 1.165) is 53.7 Å². The predicted molar refractivity (Wildman–Crippen MR) is 197 cm³/mol. The maximum absolute atomic E-state index is 14.6. The number of hydrogen-bond donors (Lipinski definition) is 1. The van der Waals surface area contributed by atoms with Crippen LogP contribution in [0.5, 0.6) is 5.75 Å². The number of carbonyl (C=O) groups excluding carboxylic acids is 1. The SMILES string of the molecule is CCCCc1nc2ccccc2c(=O)n1N(Cc1ccc(OCc2ccc(C(=O)O)cc2)c(CCC)c1)C(=O)N(CC)CCc1ccccc1. The van der Waals surface area contributed by atoms with Gasteiger partial charge in [-0.1, -0.05) is 93.4 Å². The highest BCUT2D eigenvalue weighted by Gasteiger charge is 2.27. The highest BCUT2D eigenvalue weighted by molar-refractivity contribution is 5.87. The second kappa shape index (κ2) is 17.3. The molecule has 9 nitrogen and oxygen atoms in total. The lowest BCUT2D eigenvalue weighted by Gasteiger charge is -2.32. The number of carboxylic acids is 1. The van der Waals surface area contributed by atoms with Gasteiger partial charge in [0.2, 0.25) is 0 Å². The van der Waals surface area contributed by atoms with E-state index in [0.29, 0.717) is 42.7 Å². The second-order valence-electron chi connectivity index (χ2n) is 12.4. The lowest BCUT2D eigenvalue weighted by molar-refractivity contribution is 0.0696. The van der Waals surface area contributed by atoms with Gasteiger partial charge in [-0.3, -0.25) is 4.79 Å². The molecule has 0 fully saturated rings. The Morgan fingerprint density at radius 2 is 1.52 bits per heavy atom. The van der Waals surface area contributed by atoms with Crippen LogP contribution in [0.25, 0.3) is 10.9 Å². The van der Waals surface area contributed by atoms with Gasteiger partial charge in [0.05, 0.1) is 23.0 Å². The van der Waals surface area contributed by atoms with Gasteiger partial charge in [0.25, 0.3) is 5.56 Å². The van der Waals surface area contributed by atoms with Crippen LogP contribution in [0.1, 0.15) is 78.5 Å². The summed E-state index contributed by atoms with van der Waals surface area (Å²) >= 11 is 0. The molecule has 1 heterocycles. The second-order valence-corrected chi connectivity index (χ2v) is 12.4. The van der Waals surface area contributed by atoms with Crippen LogP contribution in [0.3, 0.4) is 0 Å². The predicted octanol–water partition coefficient (Wildman–Crippen LogP) is 7.79. The fraction of sp³-hybridized carbons (Fsp3) is 0.317. The summed E-state index contributed by atoms with van der Waals surface area (Å²) in [4.78, 5) is 46.9. The molecule has 260 valence electrons. The van der Waals surface area contributed by atoms with Crippen molar-refractivity contribution in [3.63, 3.8) is 0 Å². The number of hydrogen-bond acceptors (Lipinski definition) is 5. The number of carbonyl (C=O) groups is 2. The standard InChI is InChI=1S/C41H46N4O5/c1-4-7-18-38-42-36-17-12-11-16-35(36)39(46)45(38)44(41(49)43(6-3)26-25-30-14-9-8-10-15-30)28-32-21-24-37(34(27-32)13-5-2)50-29-31-19-22-33(23-20-31)40(47)48/h8-12,14-17,19-24,27H,4-7,13,18,25-26,28-29H2,1-3H3,(H,47,48). The third-order valence-electron chi connectivity index (χ3n) is 8.77. The molecule has 2 amide bonds. The normalized spacial score (nSPS) is 11.0. The van der Waals surface area contributed by atoms with Crippen molar-refractivity contribution in [1.29, 1.82) is 0 Å². The maximum Gasteiger partial charge on any atom is 0.339 e. The van der Waals surface area contributed by atoms with Crippen molar-refractivity contribution in [3.8, 4) is 5.75 Å². The Bertz CT molecular complexity index is 1960. The lowest BCUT2D eigenvalue weighted by atomic mass is 10.0. The average molecular weight is 675 g/mol. The summed E-state index contributed by atoms with van der Waals surface area (Å²) in [5.41, 5.74) is 4.42. The molecule has 0 atom stereocenters. The fourth-order valence-electron chi connectivity index (χ4n) is 6.01. The number of unbranched alkanes of at least 4 members (excludes halogenated alkanes) is 1. The number of nitrogens with zero attached hydrogens (tertiary/aromatic N) is 4. The quantitative estimate of drug-likeness (QED) is 0.115. The zero-order valence-corrected chi connectivity index (χ0v) is 29.2. The molecule has 0 aliphatic rings. The summed E-state index contributed by atoms with van der Waals surface area (Å²) in [5.74, 6) is 0.316. The molecule has 0 aliphatic carbocycles. The number of fused-ring (bicyclic) bond motifs is 1. The Morgan fingerprint density at radius 3 is 2.22 bits per heavy atom. The Balaban J connectivity index is 1.51. The van der Waals surface area contributed by atoms with E-state index in [2.05, 4.69) is 32.0 Å². The molecule has 5 rings (SSSR count). The van der Waals surface area contributed by atoms with Crippen molar-refractivity contribution >= 4 is 22.9 Å². The van der Waals surface area contributed by atoms with Crippen LogP contribution in [0.2, 0.25) is 0 Å². The lowest BCUT2D eigenvalue weighted by Crippen LogP contribution is -2.53. The number of aromatic nitrogens is 2. The third kappa shape index (κ3) is 8.77. The van der Waals surface area contributed by atoms with E-state index in [1.807, 2.05) is 55.5 Å². The highest BCUT2D eigenvalue weighted by Crippen LogP contribution is 2.25. The van der Waals surface area contributed by atoms with Gasteiger partial charge >= 0.3 is 12.0 Å². The summed E-state index contributed by atoms with van der Waals surface area (Å²) in [6.07, 6.45) is 4.62. The minimum atomic E-state index is -0.969. The molecule has 0 radical (unpaired) electrons. The van der Waals surface area contributed by atoms with E-state index < -0.39 is 5.97 Å². The molecule has 1 N–H and O–H groups in total. The van der Waals surface area contributed by atoms with Crippen LogP contribution in [-0.4, -0.2) is 44.8 Å². The van der Waals surface area contributed by atoms with Crippen molar-refractivity contribution < 1.29 is 19.4 Å². The first-order valence-corrected chi connectivity index (χ1v) is 17.5. The van der Waals surface area contributed by atoms with E-state index in [1.165, 1.54) is 4.68 Å². The smallest absolute Gasteiger partial charge is 0.339 e. The Labute approximate surface area is 293 Å². The summed E-state index contributed by atoms with van der Waals surface area (Å²) in [6, 6.07) is 29.7. The molecule has 5 aromatic rings. The Kier molecular flexibility index (Phi) is 12.4. The molecule has 0 aliphatic heterocycles. The molecule has 9 heteroatoms. The summed E-state index contributed by atoms with van der Waals surface area (Å²) in [5, 5.41) is 11.3. The molecule has 0 unspecified atom stereocenters. The first-order chi connectivity index (χ1) is 24.3. The van der Waals surface area contributed by atoms with Crippen LogP contribution in [0, 0.1) is 0 Å². The molecular weight excluding hydrogens is 628 g/mol. The first-order valence-electron chi connectivity index (χ1n) is 17.5. The van der Waals surface area contributed by atoms with Crippen LogP contribution in [-0.2, 0) is 32.4 Å². The summed E-state index contributed by atoms with van der Waals surface area (Å²) < 4.78 is 7.74. The van der Waals surface area contributed by atoms with Gasteiger partial charge in [-0.25, -0.2) is 19.6 Å². The largest absolute Gasteiger partial charge is 0.489 e. The van der Waals surface area contributed by atoms with Gasteiger partial charge < -0.3 is 14.7 Å². The molecule has 4 aromatic carbocycles. The number of ether oxygens (including phenoxy) is 1. The molecule has 0 spiro atoms. The van der Waals surface area contributed by atoms with E-state index >= 15 is 0 Å². The van der Waals surface area contributed by atoms with E-state index in [9.17, 15) is 19.5 Å². The van der Waals surface area contributed by atoms with E-state index in [1.54, 1.807) is 40.2 Å². The first kappa shape index (κ1) is 35.9. The van der Waals surface area contributed by atoms with Crippen molar-refractivity contribution in [2.75, 3.05) is 18.1 Å². The Morgan fingerprint density at radius 1 is 0.800 bits per heavy atom. The Hall–Kier alpha value is -5.44. The van der Waals surface area contributed by atoms with Crippen molar-refractivity contribution in [2.45, 2.75) is 72.4 Å². The summed E-state index contributed by atoms with van der Waals surface area (Å²) in [7, 11) is 0. The number of carboxylic acid groups (broad SMARTS) is 1. The maximum atomic E-state index is 14.6. The van der Waals surface area contributed by atoms with Gasteiger partial charge in [-0.15, -0.1) is 0 Å². The minimum Gasteiger partial charge on any atom is -0.489 e. The topological polar surface area (TPSA) is 105 Å². The van der Waals surface area contributed by atoms with E-state index in [4.69, 9.17) is 9.72 Å². The van der Waals surface area contributed by atoms with Crippen LogP contribution in [0.15, 0.2) is 102 Å². The number of benzene rings is 4. The van der Waals surface area contributed by atoms with Crippen LogP contribution in [0.4, 0.5) is 4.79 Å². The monoisotopic (exact) mass is 674 g/mol. The zero-order chi connectivity index (χ0) is 35.5. The van der Waals surface area contributed by atoms with Gasteiger partial charge in [0, 0.05) is 19.5 Å². The minimum absolute atomic E-state index is 0.160. The number of aryl methyl sites for hydroxylation is 2. The van der Waals surface area contributed by atoms with Gasteiger partial charge in [-0.2, -0.15) is 4.68 Å². The van der Waals surface area contributed by atoms with Gasteiger partial charge in [0.15, 0.2) is 0 Å². The van der Waals surface area contributed by atoms with Crippen LogP contribution < -0.4 is 15.3 Å². The molecule has 50 heavy (non-hydrogen) atoms. The number of rotatable bonds is 16. The number of amides is 2. The third-order valence-corrected chi connectivity index (χ3v) is 8.77. The molecule has 0 saturated heterocycles. The fourth-order valence-corrected chi connectivity index (χ4v) is 6.01. The number of para-hydroxylation sites is 1. The highest BCUT2D eigenvalue weighted by atomic mass is 16.5. The van der Waals surface area contributed by atoms with E-state index in [-0.39, 0.29) is 30.3 Å². The molecule has 1 aromatic heterocycles. The molecular formula is C41H46N4O5. The van der Waals surface area contributed by atoms with Crippen molar-refractivity contribution in [3.05, 3.63) is 141 Å². The van der Waals surface area contributed by atoms with Crippen molar-refractivity contribution in [1.82, 2.24) is 14.6 Å². The van der Waals surface area contributed by atoms with Gasteiger partial charge in [-0.05, 0) is 78.8 Å². The van der Waals surface area contributed by atoms with Crippen LogP contribution >= 0.6 is 0 Å². The number of urea groups is 1. The average Bonchev–Trinajstić information content (AvgIpc) is 3.14. The number of likely N-dealkylation sites (N-methyl/N-ethyl adjacent to an activating group) is 1. The number of aromatic carboxylic acids is 1. The van der Waals surface area contributed by atoms with Gasteiger partial charge in [0.1, 0.15) is 18.2 Å². The molecule has 0 saturated carbocycles.